The molecule has 0 radical (unpaired) electrons. The number of nitrogens with zero attached hydrogens (tertiary/aromatic N) is 1. The molecular formula is C33H35F8N4O8S-. The minimum absolute atomic E-state index is 0.151. The van der Waals surface area contributed by atoms with Crippen LogP contribution in [0.15, 0.2) is 48.5 Å². The van der Waals surface area contributed by atoms with Crippen molar-refractivity contribution >= 4 is 40.5 Å². The maximum Gasteiger partial charge on any atom is 0.405 e. The standard InChI is InChI=1S/C33H36F8N4O8S/c1-16(2)24(26(46)33(40,41)29(49)42-15-31(35,36)37)44-27(47)23-12-19(25(54(51)52)18-8-10-22(53-4)11-9-18)14-45(23)28(48)17(3)43-30(50)32(38,39)20-6-5-7-21(34)13-20/h5-11,13,16-17,19,23-25H,12,14-15H2,1-4H3,(H,42,49)(H,43,50)(H,44,47)(H,51,52)/p-1/t17-,19+,23-,24-,25?/m0/s1. The molecule has 2 unspecified atom stereocenters. The van der Waals surface area contributed by atoms with Gasteiger partial charge in [-0.15, -0.1) is 0 Å². The highest BCUT2D eigenvalue weighted by Gasteiger charge is 2.53. The van der Waals surface area contributed by atoms with Crippen LogP contribution in [0, 0.1) is 17.7 Å². The maximum absolute atomic E-state index is 15.0. The molecule has 1 heterocycles. The van der Waals surface area contributed by atoms with Gasteiger partial charge in [-0.3, -0.25) is 28.2 Å². The van der Waals surface area contributed by atoms with Crippen LogP contribution < -0.4 is 20.7 Å². The Morgan fingerprint density at radius 1 is 0.944 bits per heavy atom. The topological polar surface area (TPSA) is 174 Å². The van der Waals surface area contributed by atoms with Gasteiger partial charge in [0.2, 0.25) is 17.6 Å². The van der Waals surface area contributed by atoms with E-state index in [9.17, 15) is 67.9 Å². The summed E-state index contributed by atoms with van der Waals surface area (Å²) in [6.45, 7) is 0.427. The van der Waals surface area contributed by atoms with E-state index in [1.165, 1.54) is 31.4 Å². The number of Topliss-reactive ketones (excluding diaryl/α,β-unsaturated/α-hetero) is 1. The number of hydrogen-bond acceptors (Lipinski definition) is 8. The van der Waals surface area contributed by atoms with Crippen LogP contribution in [-0.4, -0.2) is 93.5 Å². The number of alkyl halides is 7. The van der Waals surface area contributed by atoms with Gasteiger partial charge in [0.1, 0.15) is 30.2 Å². The molecule has 0 bridgehead atoms. The average molecular weight is 800 g/mol. The molecule has 298 valence electrons. The lowest BCUT2D eigenvalue weighted by Gasteiger charge is -2.31. The summed E-state index contributed by atoms with van der Waals surface area (Å²) in [6.07, 6.45) is -5.65. The summed E-state index contributed by atoms with van der Waals surface area (Å²) in [5.41, 5.74) is -0.912. The van der Waals surface area contributed by atoms with Gasteiger partial charge in [0.15, 0.2) is 0 Å². The second kappa shape index (κ2) is 17.2. The lowest BCUT2D eigenvalue weighted by atomic mass is 9.93. The van der Waals surface area contributed by atoms with Crippen molar-refractivity contribution in [2.24, 2.45) is 11.8 Å². The lowest BCUT2D eigenvalue weighted by molar-refractivity contribution is -0.165. The number of halogens is 8. The van der Waals surface area contributed by atoms with Crippen LogP contribution in [0.5, 0.6) is 5.75 Å². The van der Waals surface area contributed by atoms with E-state index in [0.29, 0.717) is 16.7 Å². The Morgan fingerprint density at radius 2 is 1.56 bits per heavy atom. The van der Waals surface area contributed by atoms with Gasteiger partial charge in [0.25, 0.3) is 11.8 Å². The van der Waals surface area contributed by atoms with Gasteiger partial charge in [0, 0.05) is 12.1 Å². The molecule has 0 saturated carbocycles. The third-order valence-electron chi connectivity index (χ3n) is 8.48. The van der Waals surface area contributed by atoms with E-state index in [0.717, 1.165) is 44.3 Å². The summed E-state index contributed by atoms with van der Waals surface area (Å²) in [5.74, 6) is -22.2. The zero-order valence-electron chi connectivity index (χ0n) is 28.8. The summed E-state index contributed by atoms with van der Waals surface area (Å²) >= 11 is -2.95. The first-order valence-electron chi connectivity index (χ1n) is 16.0. The number of rotatable bonds is 15. The highest BCUT2D eigenvalue weighted by molar-refractivity contribution is 7.79. The number of ketones is 1. The largest absolute Gasteiger partial charge is 0.772 e. The third kappa shape index (κ3) is 10.3. The molecule has 0 aromatic heterocycles. The van der Waals surface area contributed by atoms with E-state index in [1.54, 1.807) is 5.32 Å². The van der Waals surface area contributed by atoms with Crippen molar-refractivity contribution < 1.29 is 72.6 Å². The molecule has 21 heteroatoms. The van der Waals surface area contributed by atoms with Crippen molar-refractivity contribution in [3.63, 3.8) is 0 Å². The Hall–Kier alpha value is -4.66. The van der Waals surface area contributed by atoms with Gasteiger partial charge < -0.3 is 30.1 Å². The Morgan fingerprint density at radius 3 is 2.07 bits per heavy atom. The Bertz CT molecular complexity index is 1750. The fourth-order valence-corrected chi connectivity index (χ4v) is 6.60. The van der Waals surface area contributed by atoms with E-state index >= 15 is 0 Å². The van der Waals surface area contributed by atoms with Gasteiger partial charge in [-0.25, -0.2) is 4.39 Å². The van der Waals surface area contributed by atoms with Crippen molar-refractivity contribution in [2.75, 3.05) is 20.2 Å². The summed E-state index contributed by atoms with van der Waals surface area (Å²) in [6, 6.07) is 2.52. The van der Waals surface area contributed by atoms with Crippen molar-refractivity contribution in [1.82, 2.24) is 20.9 Å². The molecular weight excluding hydrogens is 764 g/mol. The quantitative estimate of drug-likeness (QED) is 0.140. The van der Waals surface area contributed by atoms with Gasteiger partial charge >= 0.3 is 18.0 Å². The number of benzene rings is 2. The molecule has 1 aliphatic heterocycles. The maximum atomic E-state index is 15.0. The first kappa shape index (κ1) is 43.7. The molecule has 12 nitrogen and oxygen atoms in total. The van der Waals surface area contributed by atoms with Gasteiger partial charge in [-0.2, -0.15) is 30.7 Å². The van der Waals surface area contributed by atoms with E-state index < -0.39 is 125 Å². The number of nitrogens with one attached hydrogen (secondary N) is 3. The molecule has 0 spiro atoms. The summed E-state index contributed by atoms with van der Waals surface area (Å²) in [4.78, 5) is 65.6. The van der Waals surface area contributed by atoms with E-state index in [1.807, 2.05) is 5.32 Å². The number of likely N-dealkylation sites (tertiary alicyclic amines) is 1. The number of amides is 4. The molecule has 0 aliphatic carbocycles. The molecule has 3 rings (SSSR count). The SMILES string of the molecule is COc1ccc(C([C@@H]2C[C@@H](C(=O)N[C@H](C(=O)C(F)(F)C(=O)NCC(F)(F)F)C(C)C)N(C(=O)[C@H](C)NC(=O)C(F)(F)c3cccc(F)c3)C2)S(=O)[O-])cc1. The third-order valence-corrected chi connectivity index (χ3v) is 9.55. The van der Waals surface area contributed by atoms with Crippen molar-refractivity contribution in [2.45, 2.75) is 68.6 Å². The Kier molecular flexibility index (Phi) is 13.9. The van der Waals surface area contributed by atoms with Crippen LogP contribution in [0.2, 0.25) is 0 Å². The predicted octanol–water partition coefficient (Wildman–Crippen LogP) is 3.29. The highest BCUT2D eigenvalue weighted by Crippen LogP contribution is 2.38. The number of carbonyl (C=O) groups is 5. The molecule has 4 amide bonds. The molecule has 54 heavy (non-hydrogen) atoms. The minimum atomic E-state index is -5.11. The van der Waals surface area contributed by atoms with Crippen molar-refractivity contribution in [3.05, 3.63) is 65.5 Å². The fraction of sp³-hybridized carbons (Fsp3) is 0.485. The Labute approximate surface area is 305 Å². The highest BCUT2D eigenvalue weighted by atomic mass is 32.2. The van der Waals surface area contributed by atoms with E-state index in [-0.39, 0.29) is 5.56 Å². The summed E-state index contributed by atoms with van der Waals surface area (Å²) in [7, 11) is 1.34. The summed E-state index contributed by atoms with van der Waals surface area (Å²) < 4.78 is 141. The molecule has 1 fully saturated rings. The molecule has 3 N–H and O–H groups in total. The second-order valence-corrected chi connectivity index (χ2v) is 13.7. The zero-order chi connectivity index (χ0) is 40.9. The second-order valence-electron chi connectivity index (χ2n) is 12.7. The number of carbonyl (C=O) groups excluding carboxylic acids is 5. The fourth-order valence-electron chi connectivity index (χ4n) is 5.71. The average Bonchev–Trinajstić information content (AvgIpc) is 3.53. The van der Waals surface area contributed by atoms with Crippen molar-refractivity contribution in [3.8, 4) is 5.75 Å². The zero-order valence-corrected chi connectivity index (χ0v) is 29.7. The van der Waals surface area contributed by atoms with E-state index in [4.69, 9.17) is 4.74 Å². The number of ether oxygens (including phenoxy) is 1. The number of hydrogen-bond donors (Lipinski definition) is 3. The first-order valence-corrected chi connectivity index (χ1v) is 17.1. The van der Waals surface area contributed by atoms with Crippen LogP contribution in [0.25, 0.3) is 0 Å². The summed E-state index contributed by atoms with van der Waals surface area (Å²) in [5, 5.41) is 3.19. The molecule has 2 aromatic carbocycles. The molecule has 1 aliphatic rings. The Balaban J connectivity index is 1.96. The van der Waals surface area contributed by atoms with Crippen molar-refractivity contribution in [1.29, 1.82) is 0 Å². The normalized spacial score (nSPS) is 18.7. The van der Waals surface area contributed by atoms with Crippen LogP contribution in [-0.2, 0) is 41.0 Å². The lowest BCUT2D eigenvalue weighted by Crippen LogP contribution is -2.60. The molecule has 2 aromatic rings. The van der Waals surface area contributed by atoms with Crippen LogP contribution >= 0.6 is 0 Å². The molecule has 6 atom stereocenters. The van der Waals surface area contributed by atoms with Crippen LogP contribution in [0.4, 0.5) is 35.1 Å². The predicted molar refractivity (Wildman–Crippen MR) is 172 cm³/mol. The van der Waals surface area contributed by atoms with Gasteiger partial charge in [0.05, 0.1) is 18.4 Å². The van der Waals surface area contributed by atoms with Gasteiger partial charge in [-0.05, 0) is 66.1 Å². The minimum Gasteiger partial charge on any atom is -0.772 e. The van der Waals surface area contributed by atoms with Crippen LogP contribution in [0.1, 0.15) is 43.6 Å². The smallest absolute Gasteiger partial charge is 0.405 e. The first-order chi connectivity index (χ1) is 24.9. The number of methoxy groups -OCH3 is 1. The van der Waals surface area contributed by atoms with E-state index in [2.05, 4.69) is 0 Å². The molecule has 1 saturated heterocycles. The van der Waals surface area contributed by atoms with Crippen LogP contribution in [0.3, 0.4) is 0 Å². The van der Waals surface area contributed by atoms with Gasteiger partial charge in [-0.1, -0.05) is 38.1 Å². The monoisotopic (exact) mass is 799 g/mol.